The van der Waals surface area contributed by atoms with Crippen LogP contribution in [-0.2, 0) is 6.42 Å². The Bertz CT molecular complexity index is 1200. The van der Waals surface area contributed by atoms with Crippen molar-refractivity contribution in [1.82, 2.24) is 9.38 Å². The number of rotatable bonds is 1. The summed E-state index contributed by atoms with van der Waals surface area (Å²) in [6.45, 7) is 2.20. The van der Waals surface area contributed by atoms with Crippen molar-refractivity contribution in [3.63, 3.8) is 0 Å². The van der Waals surface area contributed by atoms with Crippen LogP contribution in [0.5, 0.6) is 0 Å². The summed E-state index contributed by atoms with van der Waals surface area (Å²) in [5, 5.41) is 3.79. The lowest BCUT2D eigenvalue weighted by molar-refractivity contribution is 1.14. The molecule has 0 aliphatic carbocycles. The van der Waals surface area contributed by atoms with Gasteiger partial charge in [0.25, 0.3) is 0 Å². The lowest BCUT2D eigenvalue weighted by atomic mass is 10.0. The van der Waals surface area contributed by atoms with Crippen molar-refractivity contribution in [3.05, 3.63) is 72.3 Å². The van der Waals surface area contributed by atoms with Crippen molar-refractivity contribution < 1.29 is 0 Å². The fourth-order valence-electron chi connectivity index (χ4n) is 3.58. The predicted molar refractivity (Wildman–Crippen MR) is 97.1 cm³/mol. The number of nitrogens with zero attached hydrogens (tertiary/aromatic N) is 2. The molecule has 0 unspecified atom stereocenters. The zero-order valence-corrected chi connectivity index (χ0v) is 13.0. The lowest BCUT2D eigenvalue weighted by Crippen LogP contribution is -1.92. The van der Waals surface area contributed by atoms with Crippen LogP contribution in [0.3, 0.4) is 0 Å². The Balaban J connectivity index is 2.16. The molecule has 2 heteroatoms. The minimum atomic E-state index is 1.04. The third-order valence-corrected chi connectivity index (χ3v) is 4.73. The third kappa shape index (κ3) is 1.66. The van der Waals surface area contributed by atoms with Crippen molar-refractivity contribution >= 4 is 38.4 Å². The van der Waals surface area contributed by atoms with E-state index in [2.05, 4.69) is 72.0 Å². The van der Waals surface area contributed by atoms with Gasteiger partial charge < -0.3 is 0 Å². The van der Waals surface area contributed by atoms with E-state index in [-0.39, 0.29) is 0 Å². The third-order valence-electron chi connectivity index (χ3n) is 4.73. The molecule has 0 fully saturated rings. The van der Waals surface area contributed by atoms with Gasteiger partial charge in [0.15, 0.2) is 0 Å². The Labute approximate surface area is 134 Å². The molecule has 2 nitrogen and oxygen atoms in total. The highest BCUT2D eigenvalue weighted by Gasteiger charge is 2.13. The molecule has 0 aliphatic rings. The van der Waals surface area contributed by atoms with Gasteiger partial charge in [-0.1, -0.05) is 49.4 Å². The minimum absolute atomic E-state index is 1.04. The van der Waals surface area contributed by atoms with E-state index in [1.54, 1.807) is 0 Å². The number of aryl methyl sites for hydroxylation is 1. The average Bonchev–Trinajstić information content (AvgIpc) is 3.01. The molecule has 0 radical (unpaired) electrons. The molecule has 110 valence electrons. The quantitative estimate of drug-likeness (QED) is 0.381. The van der Waals surface area contributed by atoms with Gasteiger partial charge in [-0.3, -0.25) is 4.40 Å². The van der Waals surface area contributed by atoms with Crippen LogP contribution in [0.15, 0.2) is 66.7 Å². The molecular weight excluding hydrogens is 280 g/mol. The first-order chi connectivity index (χ1) is 11.4. The summed E-state index contributed by atoms with van der Waals surface area (Å²) in [6, 6.07) is 23.7. The van der Waals surface area contributed by atoms with Crippen molar-refractivity contribution in [2.24, 2.45) is 0 Å². The maximum Gasteiger partial charge on any atom is 0.146 e. The van der Waals surface area contributed by atoms with Gasteiger partial charge in [-0.25, -0.2) is 4.98 Å². The van der Waals surface area contributed by atoms with Crippen LogP contribution in [0, 0.1) is 0 Å². The monoisotopic (exact) mass is 296 g/mol. The molecule has 5 rings (SSSR count). The van der Waals surface area contributed by atoms with E-state index in [1.165, 1.54) is 32.8 Å². The molecule has 23 heavy (non-hydrogen) atoms. The zero-order chi connectivity index (χ0) is 15.4. The van der Waals surface area contributed by atoms with Gasteiger partial charge >= 0.3 is 0 Å². The van der Waals surface area contributed by atoms with Crippen LogP contribution in [0.2, 0.25) is 0 Å². The van der Waals surface area contributed by atoms with E-state index in [0.29, 0.717) is 0 Å². The lowest BCUT2D eigenvalue weighted by Gasteiger charge is -2.10. The molecule has 0 bridgehead atoms. The number of hydrogen-bond acceptors (Lipinski definition) is 1. The summed E-state index contributed by atoms with van der Waals surface area (Å²) in [4.78, 5) is 4.90. The summed E-state index contributed by atoms with van der Waals surface area (Å²) in [5.74, 6) is 0. The summed E-state index contributed by atoms with van der Waals surface area (Å²) in [7, 11) is 0. The second kappa shape index (κ2) is 4.56. The fourth-order valence-corrected chi connectivity index (χ4v) is 3.58. The highest BCUT2D eigenvalue weighted by molar-refractivity contribution is 6.13. The van der Waals surface area contributed by atoms with Crippen molar-refractivity contribution in [2.75, 3.05) is 0 Å². The number of pyridine rings is 1. The number of fused-ring (bicyclic) bond motifs is 8. The van der Waals surface area contributed by atoms with E-state index in [0.717, 1.165) is 17.6 Å². The molecule has 0 spiro atoms. The van der Waals surface area contributed by atoms with Crippen LogP contribution in [0.25, 0.3) is 38.4 Å². The molecule has 0 N–H and O–H groups in total. The number of imidazole rings is 1. The van der Waals surface area contributed by atoms with Gasteiger partial charge in [-0.15, -0.1) is 0 Å². The standard InChI is InChI=1S/C21H16N2/c1-2-14-11-12-19-17(13-14)15-7-3-4-8-16(15)21-22-18-9-5-6-10-20(18)23(19)21/h3-13H,2H2,1H3. The Morgan fingerprint density at radius 2 is 1.57 bits per heavy atom. The van der Waals surface area contributed by atoms with Crippen LogP contribution in [0.4, 0.5) is 0 Å². The number of para-hydroxylation sites is 2. The van der Waals surface area contributed by atoms with Crippen molar-refractivity contribution in [2.45, 2.75) is 13.3 Å². The second-order valence-electron chi connectivity index (χ2n) is 6.01. The molecule has 0 saturated heterocycles. The zero-order valence-electron chi connectivity index (χ0n) is 13.0. The van der Waals surface area contributed by atoms with E-state index >= 15 is 0 Å². The number of hydrogen-bond donors (Lipinski definition) is 0. The van der Waals surface area contributed by atoms with E-state index in [1.807, 2.05) is 6.07 Å². The predicted octanol–water partition coefficient (Wildman–Crippen LogP) is 5.36. The van der Waals surface area contributed by atoms with Crippen LogP contribution in [-0.4, -0.2) is 9.38 Å². The molecule has 3 aromatic carbocycles. The van der Waals surface area contributed by atoms with Gasteiger partial charge in [0.05, 0.1) is 16.6 Å². The molecule has 5 aromatic rings. The van der Waals surface area contributed by atoms with Crippen LogP contribution in [0.1, 0.15) is 12.5 Å². The molecule has 0 saturated carbocycles. The average molecular weight is 296 g/mol. The summed E-state index contributed by atoms with van der Waals surface area (Å²) < 4.78 is 2.30. The van der Waals surface area contributed by atoms with E-state index in [4.69, 9.17) is 4.98 Å². The van der Waals surface area contributed by atoms with Crippen molar-refractivity contribution in [3.8, 4) is 0 Å². The molecular formula is C21H16N2. The highest BCUT2D eigenvalue weighted by atomic mass is 15.0. The van der Waals surface area contributed by atoms with Gasteiger partial charge in [0, 0.05) is 10.8 Å². The highest BCUT2D eigenvalue weighted by Crippen LogP contribution is 2.32. The first-order valence-corrected chi connectivity index (χ1v) is 8.07. The minimum Gasteiger partial charge on any atom is -0.292 e. The fraction of sp³-hybridized carbons (Fsp3) is 0.0952. The van der Waals surface area contributed by atoms with E-state index < -0.39 is 0 Å². The van der Waals surface area contributed by atoms with Gasteiger partial charge in [-0.2, -0.15) is 0 Å². The molecule has 2 aromatic heterocycles. The number of benzene rings is 3. The first kappa shape index (κ1) is 12.7. The topological polar surface area (TPSA) is 17.3 Å². The summed E-state index contributed by atoms with van der Waals surface area (Å²) >= 11 is 0. The largest absolute Gasteiger partial charge is 0.292 e. The maximum absolute atomic E-state index is 4.90. The van der Waals surface area contributed by atoms with Crippen LogP contribution >= 0.6 is 0 Å². The summed E-state index contributed by atoms with van der Waals surface area (Å²) in [5.41, 5.74) is 5.85. The molecule has 0 aliphatic heterocycles. The summed E-state index contributed by atoms with van der Waals surface area (Å²) in [6.07, 6.45) is 1.05. The first-order valence-electron chi connectivity index (χ1n) is 8.07. The van der Waals surface area contributed by atoms with Crippen LogP contribution < -0.4 is 0 Å². The SMILES string of the molecule is CCc1ccc2c(c1)c1ccccc1c1nc3ccccc3n21. The number of aromatic nitrogens is 2. The van der Waals surface area contributed by atoms with Gasteiger partial charge in [-0.05, 0) is 41.6 Å². The normalized spacial score (nSPS) is 11.9. The molecule has 0 amide bonds. The Morgan fingerprint density at radius 3 is 2.43 bits per heavy atom. The molecule has 2 heterocycles. The maximum atomic E-state index is 4.90. The molecule has 0 atom stereocenters. The second-order valence-corrected chi connectivity index (χ2v) is 6.01. The smallest absolute Gasteiger partial charge is 0.146 e. The Morgan fingerprint density at radius 1 is 0.783 bits per heavy atom. The van der Waals surface area contributed by atoms with Gasteiger partial charge in [0.1, 0.15) is 5.65 Å². The van der Waals surface area contributed by atoms with E-state index in [9.17, 15) is 0 Å². The van der Waals surface area contributed by atoms with Gasteiger partial charge in [0.2, 0.25) is 0 Å². The Kier molecular flexibility index (Phi) is 2.51. The Hall–Kier alpha value is -2.87. The van der Waals surface area contributed by atoms with Crippen molar-refractivity contribution in [1.29, 1.82) is 0 Å².